The van der Waals surface area contributed by atoms with Crippen LogP contribution in [-0.2, 0) is 6.42 Å². The fraction of sp³-hybridized carbons (Fsp3) is 0.538. The zero-order valence-corrected chi connectivity index (χ0v) is 10.2. The Kier molecular flexibility index (Phi) is 3.87. The van der Waals surface area contributed by atoms with Crippen LogP contribution in [0.2, 0.25) is 0 Å². The number of thioether (sulfide) groups is 1. The first-order valence-corrected chi connectivity index (χ1v) is 6.77. The summed E-state index contributed by atoms with van der Waals surface area (Å²) in [5.41, 5.74) is 7.50. The normalized spacial score (nSPS) is 17.4. The highest BCUT2D eigenvalue weighted by atomic mass is 32.2. The molecule has 0 amide bonds. The van der Waals surface area contributed by atoms with Crippen LogP contribution in [-0.4, -0.2) is 18.0 Å². The van der Waals surface area contributed by atoms with E-state index < -0.39 is 0 Å². The van der Waals surface area contributed by atoms with Gasteiger partial charge in [-0.1, -0.05) is 12.1 Å². The summed E-state index contributed by atoms with van der Waals surface area (Å²) in [5, 5.41) is 0. The summed E-state index contributed by atoms with van der Waals surface area (Å²) < 4.78 is 12.1. The van der Waals surface area contributed by atoms with Crippen molar-refractivity contribution in [1.82, 2.24) is 0 Å². The highest BCUT2D eigenvalue weighted by Crippen LogP contribution is 2.36. The Morgan fingerprint density at radius 1 is 1.38 bits per heavy atom. The average molecular weight is 239 g/mol. The summed E-state index contributed by atoms with van der Waals surface area (Å²) in [4.78, 5) is 1.16. The van der Waals surface area contributed by atoms with Crippen molar-refractivity contribution < 1.29 is 4.39 Å². The van der Waals surface area contributed by atoms with Crippen molar-refractivity contribution in [2.24, 2.45) is 5.73 Å². The van der Waals surface area contributed by atoms with Crippen LogP contribution in [0.1, 0.15) is 24.8 Å². The van der Waals surface area contributed by atoms with Gasteiger partial charge >= 0.3 is 0 Å². The Labute approximate surface area is 101 Å². The lowest BCUT2D eigenvalue weighted by molar-refractivity contribution is 0.533. The van der Waals surface area contributed by atoms with E-state index in [0.29, 0.717) is 5.75 Å². The monoisotopic (exact) mass is 239 g/mol. The summed E-state index contributed by atoms with van der Waals surface area (Å²) >= 11 is 1.58. The molecule has 2 N–H and O–H groups in total. The third kappa shape index (κ3) is 3.49. The van der Waals surface area contributed by atoms with Gasteiger partial charge in [0.05, 0.1) is 6.67 Å². The maximum atomic E-state index is 12.1. The van der Waals surface area contributed by atoms with Crippen molar-refractivity contribution in [2.45, 2.75) is 36.1 Å². The quantitative estimate of drug-likeness (QED) is 0.772. The molecule has 0 aromatic heterocycles. The van der Waals surface area contributed by atoms with Crippen molar-refractivity contribution in [3.8, 4) is 0 Å². The second kappa shape index (κ2) is 5.19. The van der Waals surface area contributed by atoms with Gasteiger partial charge in [-0.05, 0) is 43.4 Å². The predicted octanol–water partition coefficient (Wildman–Crippen LogP) is 3.17. The van der Waals surface area contributed by atoms with Crippen LogP contribution in [0.25, 0.3) is 0 Å². The molecule has 1 fully saturated rings. The molecule has 16 heavy (non-hydrogen) atoms. The summed E-state index contributed by atoms with van der Waals surface area (Å²) in [5.74, 6) is 0.546. The summed E-state index contributed by atoms with van der Waals surface area (Å²) in [6.07, 6.45) is 4.46. The largest absolute Gasteiger partial charge is 0.325 e. The van der Waals surface area contributed by atoms with Gasteiger partial charge in [0, 0.05) is 16.2 Å². The van der Waals surface area contributed by atoms with Gasteiger partial charge in [0.1, 0.15) is 0 Å². The molecule has 1 aliphatic rings. The zero-order chi connectivity index (χ0) is 11.4. The molecular formula is C13H18FNS. The molecule has 1 saturated carbocycles. The van der Waals surface area contributed by atoms with E-state index >= 15 is 0 Å². The number of nitrogens with two attached hydrogens (primary N) is 1. The van der Waals surface area contributed by atoms with Crippen LogP contribution >= 0.6 is 11.8 Å². The average Bonchev–Trinajstić information content (AvgIpc) is 3.03. The number of rotatable bonds is 6. The highest BCUT2D eigenvalue weighted by molar-refractivity contribution is 7.99. The second-order valence-electron chi connectivity index (χ2n) is 4.55. The third-order valence-corrected chi connectivity index (χ3v) is 3.99. The lowest BCUT2D eigenvalue weighted by Crippen LogP contribution is -2.22. The summed E-state index contributed by atoms with van der Waals surface area (Å²) in [6.45, 7) is -0.263. The number of hydrogen-bond acceptors (Lipinski definition) is 2. The highest BCUT2D eigenvalue weighted by Gasteiger charge is 2.37. The minimum atomic E-state index is -0.263. The van der Waals surface area contributed by atoms with Crippen molar-refractivity contribution >= 4 is 11.8 Å². The van der Waals surface area contributed by atoms with E-state index in [9.17, 15) is 4.39 Å². The first kappa shape index (κ1) is 11.9. The molecule has 0 saturated heterocycles. The fourth-order valence-corrected chi connectivity index (χ4v) is 2.47. The molecular weight excluding hydrogens is 221 g/mol. The van der Waals surface area contributed by atoms with Crippen molar-refractivity contribution in [1.29, 1.82) is 0 Å². The van der Waals surface area contributed by atoms with E-state index in [1.807, 2.05) is 12.1 Å². The number of halogens is 1. The van der Waals surface area contributed by atoms with Crippen molar-refractivity contribution in [3.63, 3.8) is 0 Å². The Balaban J connectivity index is 1.88. The molecule has 2 rings (SSSR count). The van der Waals surface area contributed by atoms with Gasteiger partial charge in [-0.3, -0.25) is 4.39 Å². The van der Waals surface area contributed by atoms with E-state index in [-0.39, 0.29) is 12.2 Å². The Hall–Kier alpha value is -0.540. The van der Waals surface area contributed by atoms with Gasteiger partial charge in [0.25, 0.3) is 0 Å². The molecule has 0 heterocycles. The first-order valence-electron chi connectivity index (χ1n) is 5.78. The Morgan fingerprint density at radius 3 is 2.88 bits per heavy atom. The van der Waals surface area contributed by atoms with E-state index in [2.05, 4.69) is 12.1 Å². The number of alkyl halides is 1. The number of hydrogen-bond donors (Lipinski definition) is 1. The van der Waals surface area contributed by atoms with Crippen LogP contribution in [0.4, 0.5) is 4.39 Å². The van der Waals surface area contributed by atoms with Crippen LogP contribution in [0.5, 0.6) is 0 Å². The molecule has 1 nitrogen and oxygen atoms in total. The molecule has 88 valence electrons. The Morgan fingerprint density at radius 2 is 2.19 bits per heavy atom. The van der Waals surface area contributed by atoms with Crippen molar-refractivity contribution in [2.75, 3.05) is 12.4 Å². The van der Waals surface area contributed by atoms with Crippen molar-refractivity contribution in [3.05, 3.63) is 29.8 Å². The maximum Gasteiger partial charge on any atom is 0.0988 e. The molecule has 1 aliphatic carbocycles. The second-order valence-corrected chi connectivity index (χ2v) is 5.72. The Bertz CT molecular complexity index is 350. The molecule has 3 heteroatoms. The van der Waals surface area contributed by atoms with Gasteiger partial charge in [-0.15, -0.1) is 11.8 Å². The molecule has 1 aromatic rings. The topological polar surface area (TPSA) is 26.0 Å². The summed E-state index contributed by atoms with van der Waals surface area (Å²) in [7, 11) is 0. The van der Waals surface area contributed by atoms with Gasteiger partial charge < -0.3 is 5.73 Å². The lowest BCUT2D eigenvalue weighted by atomic mass is 10.0. The van der Waals surface area contributed by atoms with E-state index in [1.165, 1.54) is 18.4 Å². The van der Waals surface area contributed by atoms with Crippen LogP contribution < -0.4 is 5.73 Å². The minimum absolute atomic E-state index is 0.127. The van der Waals surface area contributed by atoms with E-state index in [1.54, 1.807) is 11.8 Å². The molecule has 0 spiro atoms. The number of benzene rings is 1. The van der Waals surface area contributed by atoms with E-state index in [4.69, 9.17) is 5.73 Å². The maximum absolute atomic E-state index is 12.1. The SMILES string of the molecule is NC1(CCc2cccc(SCCF)c2)CC1. The molecule has 0 atom stereocenters. The third-order valence-electron chi connectivity index (χ3n) is 3.05. The smallest absolute Gasteiger partial charge is 0.0988 e. The van der Waals surface area contributed by atoms with Gasteiger partial charge in [0.2, 0.25) is 0 Å². The van der Waals surface area contributed by atoms with Gasteiger partial charge in [-0.25, -0.2) is 0 Å². The number of aryl methyl sites for hydroxylation is 1. The predicted molar refractivity (Wildman–Crippen MR) is 67.6 cm³/mol. The van der Waals surface area contributed by atoms with Crippen LogP contribution in [0, 0.1) is 0 Å². The molecule has 0 bridgehead atoms. The standard InChI is InChI=1S/C13H18FNS/c14-8-9-16-12-3-1-2-11(10-12)4-5-13(15)6-7-13/h1-3,10H,4-9,15H2. The van der Waals surface area contributed by atoms with Gasteiger partial charge in [-0.2, -0.15) is 0 Å². The molecule has 1 aromatic carbocycles. The van der Waals surface area contributed by atoms with Crippen LogP contribution in [0.3, 0.4) is 0 Å². The molecule has 0 unspecified atom stereocenters. The fourth-order valence-electron chi connectivity index (χ4n) is 1.75. The van der Waals surface area contributed by atoms with E-state index in [0.717, 1.165) is 17.7 Å². The first-order chi connectivity index (χ1) is 7.72. The van der Waals surface area contributed by atoms with Gasteiger partial charge in [0.15, 0.2) is 0 Å². The molecule has 0 aliphatic heterocycles. The molecule has 0 radical (unpaired) electrons. The summed E-state index contributed by atoms with van der Waals surface area (Å²) in [6, 6.07) is 8.38. The zero-order valence-electron chi connectivity index (χ0n) is 9.42. The minimum Gasteiger partial charge on any atom is -0.325 e. The lowest BCUT2D eigenvalue weighted by Gasteiger charge is -2.09. The van der Waals surface area contributed by atoms with Crippen LogP contribution in [0.15, 0.2) is 29.2 Å².